The number of anilines is 1. The Kier molecular flexibility index (Phi) is 3.10. The van der Waals surface area contributed by atoms with Gasteiger partial charge in [0.2, 0.25) is 5.91 Å². The normalized spacial score (nSPS) is 19.8. The summed E-state index contributed by atoms with van der Waals surface area (Å²) in [5.41, 5.74) is 2.19. The van der Waals surface area contributed by atoms with Crippen LogP contribution in [0.1, 0.15) is 12.5 Å². The van der Waals surface area contributed by atoms with Crippen molar-refractivity contribution in [3.63, 3.8) is 0 Å². The van der Waals surface area contributed by atoms with Crippen molar-refractivity contribution in [2.24, 2.45) is 0 Å². The van der Waals surface area contributed by atoms with E-state index in [0.29, 0.717) is 6.42 Å². The molecule has 2 atom stereocenters. The van der Waals surface area contributed by atoms with Gasteiger partial charge in [0.15, 0.2) is 0 Å². The second-order valence-corrected chi connectivity index (χ2v) is 4.15. The first kappa shape index (κ1) is 11.0. The maximum atomic E-state index is 11.8. The number of para-hydroxylation sites is 1. The van der Waals surface area contributed by atoms with Crippen molar-refractivity contribution in [1.29, 1.82) is 0 Å². The zero-order chi connectivity index (χ0) is 11.5. The molecule has 1 heterocycles. The number of amides is 1. The second kappa shape index (κ2) is 4.53. The van der Waals surface area contributed by atoms with Crippen molar-refractivity contribution in [3.8, 4) is 0 Å². The Morgan fingerprint density at radius 2 is 2.38 bits per heavy atom. The lowest BCUT2D eigenvalue weighted by Crippen LogP contribution is -2.44. The zero-order valence-corrected chi connectivity index (χ0v) is 9.23. The zero-order valence-electron chi connectivity index (χ0n) is 9.23. The highest BCUT2D eigenvalue weighted by Crippen LogP contribution is 2.24. The van der Waals surface area contributed by atoms with Crippen molar-refractivity contribution < 1.29 is 9.90 Å². The van der Waals surface area contributed by atoms with E-state index in [1.165, 1.54) is 5.56 Å². The van der Waals surface area contributed by atoms with Crippen molar-refractivity contribution in [2.45, 2.75) is 25.4 Å². The number of nitrogens with one attached hydrogen (secondary N) is 2. The molecule has 1 aliphatic rings. The lowest BCUT2D eigenvalue weighted by molar-refractivity contribution is -0.122. The Morgan fingerprint density at radius 3 is 3.06 bits per heavy atom. The first-order valence-electron chi connectivity index (χ1n) is 5.46. The lowest BCUT2D eigenvalue weighted by Gasteiger charge is -2.15. The third-order valence-electron chi connectivity index (χ3n) is 2.75. The summed E-state index contributed by atoms with van der Waals surface area (Å²) in [5.74, 6) is -0.0576. The molecule has 0 aliphatic carbocycles. The second-order valence-electron chi connectivity index (χ2n) is 4.15. The highest BCUT2D eigenvalue weighted by Gasteiger charge is 2.26. The van der Waals surface area contributed by atoms with E-state index >= 15 is 0 Å². The maximum absolute atomic E-state index is 11.8. The van der Waals surface area contributed by atoms with E-state index in [-0.39, 0.29) is 24.6 Å². The average Bonchev–Trinajstić information content (AvgIpc) is 2.72. The molecule has 0 unspecified atom stereocenters. The summed E-state index contributed by atoms with van der Waals surface area (Å²) >= 11 is 0. The number of rotatable bonds is 3. The molecule has 1 aromatic carbocycles. The number of fused-ring (bicyclic) bond motifs is 1. The van der Waals surface area contributed by atoms with Gasteiger partial charge in [-0.2, -0.15) is 0 Å². The largest absolute Gasteiger partial charge is 0.394 e. The molecule has 0 bridgehead atoms. The predicted molar refractivity (Wildman–Crippen MR) is 62.2 cm³/mol. The molecule has 0 saturated carbocycles. The number of hydrogen-bond acceptors (Lipinski definition) is 3. The molecule has 4 nitrogen and oxygen atoms in total. The monoisotopic (exact) mass is 220 g/mol. The lowest BCUT2D eigenvalue weighted by atomic mass is 10.1. The molecular formula is C12H16N2O2. The van der Waals surface area contributed by atoms with E-state index in [0.717, 1.165) is 5.69 Å². The predicted octanol–water partition coefficient (Wildman–Crippen LogP) is 0.520. The van der Waals surface area contributed by atoms with Crippen LogP contribution in [0.2, 0.25) is 0 Å². The van der Waals surface area contributed by atoms with E-state index in [1.807, 2.05) is 24.3 Å². The minimum Gasteiger partial charge on any atom is -0.394 e. The van der Waals surface area contributed by atoms with Crippen LogP contribution in [-0.2, 0) is 11.2 Å². The summed E-state index contributed by atoms with van der Waals surface area (Å²) in [6.07, 6.45) is 0.708. The summed E-state index contributed by atoms with van der Waals surface area (Å²) in [4.78, 5) is 11.8. The van der Waals surface area contributed by atoms with E-state index in [2.05, 4.69) is 10.6 Å². The van der Waals surface area contributed by atoms with Gasteiger partial charge in [-0.15, -0.1) is 0 Å². The van der Waals surface area contributed by atoms with Gasteiger partial charge in [-0.1, -0.05) is 18.2 Å². The molecule has 1 aliphatic heterocycles. The van der Waals surface area contributed by atoms with Crippen molar-refractivity contribution >= 4 is 11.6 Å². The summed E-state index contributed by atoms with van der Waals surface area (Å²) in [5, 5.41) is 14.8. The smallest absolute Gasteiger partial charge is 0.243 e. The minimum atomic E-state index is -0.216. The number of carbonyl (C=O) groups excluding carboxylic acids is 1. The van der Waals surface area contributed by atoms with E-state index in [1.54, 1.807) is 6.92 Å². The highest BCUT2D eigenvalue weighted by atomic mass is 16.3. The quantitative estimate of drug-likeness (QED) is 0.696. The third kappa shape index (κ3) is 2.17. The minimum absolute atomic E-state index is 0.0363. The van der Waals surface area contributed by atoms with Crippen LogP contribution in [0.3, 0.4) is 0 Å². The average molecular weight is 220 g/mol. The molecule has 86 valence electrons. The van der Waals surface area contributed by atoms with Crippen LogP contribution in [-0.4, -0.2) is 29.7 Å². The van der Waals surface area contributed by atoms with Crippen LogP contribution < -0.4 is 10.6 Å². The molecule has 3 N–H and O–H groups in total. The van der Waals surface area contributed by atoms with Crippen LogP contribution >= 0.6 is 0 Å². The fourth-order valence-corrected chi connectivity index (χ4v) is 1.85. The van der Waals surface area contributed by atoms with Gasteiger partial charge >= 0.3 is 0 Å². The Morgan fingerprint density at radius 1 is 1.62 bits per heavy atom. The summed E-state index contributed by atoms with van der Waals surface area (Å²) in [6, 6.07) is 7.49. The molecule has 0 fully saturated rings. The number of aliphatic hydroxyl groups is 1. The molecule has 0 saturated heterocycles. The van der Waals surface area contributed by atoms with Gasteiger partial charge in [0, 0.05) is 18.2 Å². The van der Waals surface area contributed by atoms with Crippen LogP contribution in [0.25, 0.3) is 0 Å². The van der Waals surface area contributed by atoms with Gasteiger partial charge in [0.05, 0.1) is 6.61 Å². The fourth-order valence-electron chi connectivity index (χ4n) is 1.85. The van der Waals surface area contributed by atoms with Gasteiger partial charge in [0.1, 0.15) is 6.04 Å². The summed E-state index contributed by atoms with van der Waals surface area (Å²) in [7, 11) is 0. The summed E-state index contributed by atoms with van der Waals surface area (Å²) in [6.45, 7) is 1.74. The van der Waals surface area contributed by atoms with Crippen LogP contribution in [0, 0.1) is 0 Å². The molecule has 1 aromatic rings. The number of carbonyl (C=O) groups is 1. The van der Waals surface area contributed by atoms with Crippen molar-refractivity contribution in [3.05, 3.63) is 29.8 Å². The number of benzene rings is 1. The number of hydrogen-bond donors (Lipinski definition) is 3. The fraction of sp³-hybridized carbons (Fsp3) is 0.417. The molecule has 0 radical (unpaired) electrons. The Labute approximate surface area is 94.7 Å². The molecule has 16 heavy (non-hydrogen) atoms. The van der Waals surface area contributed by atoms with Crippen LogP contribution in [0.4, 0.5) is 5.69 Å². The van der Waals surface area contributed by atoms with E-state index in [9.17, 15) is 4.79 Å². The molecule has 0 spiro atoms. The van der Waals surface area contributed by atoms with Gasteiger partial charge in [-0.25, -0.2) is 0 Å². The molecule has 1 amide bonds. The molecule has 0 aromatic heterocycles. The third-order valence-corrected chi connectivity index (χ3v) is 2.75. The standard InChI is InChI=1S/C12H16N2O2/c1-8(7-15)13-12(16)11-6-9-4-2-3-5-10(9)14-11/h2-5,8,11,14-15H,6-7H2,1H3,(H,13,16)/t8-,11-/m0/s1. The Hall–Kier alpha value is -1.55. The molecule has 4 heteroatoms. The van der Waals surface area contributed by atoms with E-state index in [4.69, 9.17) is 5.11 Å². The van der Waals surface area contributed by atoms with Crippen molar-refractivity contribution in [1.82, 2.24) is 5.32 Å². The summed E-state index contributed by atoms with van der Waals surface area (Å²) < 4.78 is 0. The van der Waals surface area contributed by atoms with Crippen LogP contribution in [0.15, 0.2) is 24.3 Å². The van der Waals surface area contributed by atoms with Gasteiger partial charge in [0.25, 0.3) is 0 Å². The molecule has 2 rings (SSSR count). The molecular weight excluding hydrogens is 204 g/mol. The topological polar surface area (TPSA) is 61.4 Å². The first-order valence-corrected chi connectivity index (χ1v) is 5.46. The SMILES string of the molecule is C[C@@H](CO)NC(=O)[C@@H]1Cc2ccccc2N1. The number of aliphatic hydroxyl groups excluding tert-OH is 1. The first-order chi connectivity index (χ1) is 7.70. The Bertz CT molecular complexity index is 367. The highest BCUT2D eigenvalue weighted by molar-refractivity contribution is 5.87. The Balaban J connectivity index is 1.98. The van der Waals surface area contributed by atoms with Crippen molar-refractivity contribution in [2.75, 3.05) is 11.9 Å². The maximum Gasteiger partial charge on any atom is 0.243 e. The van der Waals surface area contributed by atoms with Gasteiger partial charge < -0.3 is 15.7 Å². The van der Waals surface area contributed by atoms with E-state index < -0.39 is 0 Å². The van der Waals surface area contributed by atoms with Crippen LogP contribution in [0.5, 0.6) is 0 Å². The van der Waals surface area contributed by atoms with Gasteiger partial charge in [-0.05, 0) is 18.6 Å². The van der Waals surface area contributed by atoms with Gasteiger partial charge in [-0.3, -0.25) is 4.79 Å².